The van der Waals surface area contributed by atoms with Crippen LogP contribution in [0.5, 0.6) is 5.75 Å². The number of ether oxygens (including phenoxy) is 2. The third-order valence-corrected chi connectivity index (χ3v) is 5.49. The van der Waals surface area contributed by atoms with E-state index in [0.717, 1.165) is 4.57 Å². The second kappa shape index (κ2) is 8.95. The molecule has 0 atom stereocenters. The lowest BCUT2D eigenvalue weighted by atomic mass is 10.1. The number of imidazole rings is 1. The second-order valence-electron chi connectivity index (χ2n) is 7.68. The van der Waals surface area contributed by atoms with E-state index in [1.165, 1.54) is 30.1 Å². The Kier molecular flexibility index (Phi) is 6.08. The summed E-state index contributed by atoms with van der Waals surface area (Å²) in [4.78, 5) is 40.8. The third-order valence-electron chi connectivity index (χ3n) is 5.49. The van der Waals surface area contributed by atoms with Crippen LogP contribution < -0.4 is 21.3 Å². The molecule has 3 heterocycles. The maximum atomic E-state index is 13.8. The van der Waals surface area contributed by atoms with Gasteiger partial charge in [0.25, 0.3) is 5.56 Å². The Morgan fingerprint density at radius 2 is 2.06 bits per heavy atom. The van der Waals surface area contributed by atoms with Crippen LogP contribution >= 0.6 is 0 Å². The molecule has 0 aliphatic carbocycles. The Morgan fingerprint density at radius 1 is 1.25 bits per heavy atom. The summed E-state index contributed by atoms with van der Waals surface area (Å²) in [6.07, 6.45) is 2.67. The zero-order chi connectivity index (χ0) is 22.8. The van der Waals surface area contributed by atoms with Gasteiger partial charge in [-0.3, -0.25) is 18.7 Å². The van der Waals surface area contributed by atoms with Gasteiger partial charge in [-0.2, -0.15) is 0 Å². The molecule has 0 saturated carbocycles. The molecule has 1 aromatic carbocycles. The fourth-order valence-corrected chi connectivity index (χ4v) is 3.84. The van der Waals surface area contributed by atoms with E-state index in [9.17, 15) is 18.8 Å². The number of aryl methyl sites for hydroxylation is 2. The molecule has 1 amide bonds. The molecular weight excluding hydrogens is 421 g/mol. The molecule has 0 radical (unpaired) electrons. The van der Waals surface area contributed by atoms with Crippen LogP contribution in [0.1, 0.15) is 24.0 Å². The van der Waals surface area contributed by atoms with Crippen LogP contribution in [0.3, 0.4) is 0 Å². The molecule has 11 heteroatoms. The van der Waals surface area contributed by atoms with Crippen molar-refractivity contribution >= 4 is 17.1 Å². The van der Waals surface area contributed by atoms with Crippen LogP contribution in [0.15, 0.2) is 28.0 Å². The molecule has 3 aromatic rings. The van der Waals surface area contributed by atoms with Gasteiger partial charge in [-0.25, -0.2) is 14.2 Å². The second-order valence-corrected chi connectivity index (χ2v) is 7.68. The van der Waals surface area contributed by atoms with Crippen molar-refractivity contribution in [3.8, 4) is 5.75 Å². The van der Waals surface area contributed by atoms with Gasteiger partial charge in [-0.05, 0) is 30.5 Å². The molecular formula is C21H24FN5O5. The molecule has 0 saturated heterocycles. The number of nitrogens with zero attached hydrogens (tertiary/aromatic N) is 4. The van der Waals surface area contributed by atoms with E-state index in [1.807, 2.05) is 0 Å². The van der Waals surface area contributed by atoms with Crippen molar-refractivity contribution < 1.29 is 18.7 Å². The number of carbonyl (C=O) groups is 1. The first-order valence-electron chi connectivity index (χ1n) is 10.3. The molecule has 0 spiro atoms. The maximum Gasteiger partial charge on any atom is 0.332 e. The number of carbonyl (C=O) groups excluding carboxylic acids is 1. The minimum atomic E-state index is -0.440. The first-order chi connectivity index (χ1) is 15.4. The van der Waals surface area contributed by atoms with Gasteiger partial charge in [0.15, 0.2) is 18.0 Å². The molecule has 170 valence electrons. The zero-order valence-corrected chi connectivity index (χ0v) is 17.9. The molecule has 1 aliphatic rings. The van der Waals surface area contributed by atoms with Crippen molar-refractivity contribution in [2.45, 2.75) is 32.4 Å². The largest absolute Gasteiger partial charge is 0.467 e. The number of nitrogens with one attached hydrogen (secondary N) is 1. The number of fused-ring (bicyclic) bond motifs is 2. The van der Waals surface area contributed by atoms with Crippen molar-refractivity contribution in [3.63, 3.8) is 0 Å². The van der Waals surface area contributed by atoms with Gasteiger partial charge in [0.1, 0.15) is 11.6 Å². The average Bonchev–Trinajstić information content (AvgIpc) is 3.20. The maximum absolute atomic E-state index is 13.8. The number of rotatable bonds is 7. The molecule has 32 heavy (non-hydrogen) atoms. The normalized spacial score (nSPS) is 13.1. The van der Waals surface area contributed by atoms with E-state index in [-0.39, 0.29) is 24.9 Å². The van der Waals surface area contributed by atoms with Crippen molar-refractivity contribution in [2.75, 3.05) is 13.3 Å². The number of amides is 1. The highest BCUT2D eigenvalue weighted by molar-refractivity contribution is 5.76. The lowest BCUT2D eigenvalue weighted by Gasteiger charge is -2.21. The molecule has 1 aliphatic heterocycles. The van der Waals surface area contributed by atoms with Crippen LogP contribution in [0.4, 0.5) is 4.39 Å². The Morgan fingerprint density at radius 3 is 2.88 bits per heavy atom. The third kappa shape index (κ3) is 4.15. The van der Waals surface area contributed by atoms with Crippen molar-refractivity contribution in [2.24, 2.45) is 14.1 Å². The van der Waals surface area contributed by atoms with Gasteiger partial charge in [0.05, 0.1) is 12.9 Å². The van der Waals surface area contributed by atoms with E-state index < -0.39 is 11.2 Å². The standard InChI is InChI=1S/C21H24FN5O5/c1-25-19-17(20(29)26(2)21(25)30)27(11-24-19)7-3-4-16(28)23-6-5-13-8-15(22)9-14-10-31-12-32-18(13)14/h8-9,11H,3-7,10,12H2,1-2H3,(H,23,28). The van der Waals surface area contributed by atoms with Crippen LogP contribution in [0, 0.1) is 5.82 Å². The predicted molar refractivity (Wildman–Crippen MR) is 113 cm³/mol. The van der Waals surface area contributed by atoms with Crippen LogP contribution in [-0.2, 0) is 43.2 Å². The highest BCUT2D eigenvalue weighted by atomic mass is 19.1. The molecule has 2 aromatic heterocycles. The lowest BCUT2D eigenvalue weighted by Crippen LogP contribution is -2.37. The van der Waals surface area contributed by atoms with Crippen LogP contribution in [0.2, 0.25) is 0 Å². The number of hydrogen-bond acceptors (Lipinski definition) is 6. The summed E-state index contributed by atoms with van der Waals surface area (Å²) in [5, 5.41) is 2.83. The van der Waals surface area contributed by atoms with Gasteiger partial charge in [-0.1, -0.05) is 0 Å². The number of aromatic nitrogens is 4. The average molecular weight is 445 g/mol. The monoisotopic (exact) mass is 445 g/mol. The smallest absolute Gasteiger partial charge is 0.332 e. The SMILES string of the molecule is Cn1c(=O)c2c(ncn2CCCC(=O)NCCc2cc(F)cc3c2OCOC3)n(C)c1=O. The molecule has 1 N–H and O–H groups in total. The van der Waals surface area contributed by atoms with Crippen molar-refractivity contribution in [1.82, 2.24) is 24.0 Å². The summed E-state index contributed by atoms with van der Waals surface area (Å²) in [7, 11) is 2.98. The fourth-order valence-electron chi connectivity index (χ4n) is 3.84. The van der Waals surface area contributed by atoms with Gasteiger partial charge >= 0.3 is 5.69 Å². The van der Waals surface area contributed by atoms with Crippen molar-refractivity contribution in [3.05, 3.63) is 56.2 Å². The quantitative estimate of drug-likeness (QED) is 0.570. The number of halogens is 1. The van der Waals surface area contributed by atoms with E-state index >= 15 is 0 Å². The fraction of sp³-hybridized carbons (Fsp3) is 0.429. The Labute approximate surface area is 182 Å². The highest BCUT2D eigenvalue weighted by Crippen LogP contribution is 2.29. The summed E-state index contributed by atoms with van der Waals surface area (Å²) in [6.45, 7) is 1.17. The van der Waals surface area contributed by atoms with Crippen molar-refractivity contribution in [1.29, 1.82) is 0 Å². The minimum absolute atomic E-state index is 0.123. The van der Waals surface area contributed by atoms with E-state index in [0.29, 0.717) is 60.6 Å². The molecule has 4 rings (SSSR count). The van der Waals surface area contributed by atoms with Gasteiger partial charge in [0, 0.05) is 39.2 Å². The molecule has 0 unspecified atom stereocenters. The van der Waals surface area contributed by atoms with E-state index in [4.69, 9.17) is 9.47 Å². The Balaban J connectivity index is 1.32. The predicted octanol–water partition coefficient (Wildman–Crippen LogP) is 0.578. The molecule has 10 nitrogen and oxygen atoms in total. The first kappa shape index (κ1) is 21.8. The highest BCUT2D eigenvalue weighted by Gasteiger charge is 2.17. The Hall–Kier alpha value is -3.47. The van der Waals surface area contributed by atoms with E-state index in [2.05, 4.69) is 10.3 Å². The summed E-state index contributed by atoms with van der Waals surface area (Å²) < 4.78 is 28.5. The van der Waals surface area contributed by atoms with Gasteiger partial charge in [-0.15, -0.1) is 0 Å². The summed E-state index contributed by atoms with van der Waals surface area (Å²) in [5.74, 6) is 0.106. The van der Waals surface area contributed by atoms with Crippen LogP contribution in [0.25, 0.3) is 11.2 Å². The molecule has 0 fully saturated rings. The number of hydrogen-bond donors (Lipinski definition) is 1. The van der Waals surface area contributed by atoms with Gasteiger partial charge < -0.3 is 19.4 Å². The van der Waals surface area contributed by atoms with Crippen LogP contribution in [-0.4, -0.2) is 37.9 Å². The molecule has 0 bridgehead atoms. The minimum Gasteiger partial charge on any atom is -0.467 e. The summed E-state index contributed by atoms with van der Waals surface area (Å²) in [6, 6.07) is 2.80. The van der Waals surface area contributed by atoms with E-state index in [1.54, 1.807) is 11.6 Å². The topological polar surface area (TPSA) is 109 Å². The zero-order valence-electron chi connectivity index (χ0n) is 17.9. The Bertz CT molecular complexity index is 1290. The summed E-state index contributed by atoms with van der Waals surface area (Å²) >= 11 is 0. The summed E-state index contributed by atoms with van der Waals surface area (Å²) in [5.41, 5.74) is 1.13. The lowest BCUT2D eigenvalue weighted by molar-refractivity contribution is -0.121. The first-order valence-corrected chi connectivity index (χ1v) is 10.3. The van der Waals surface area contributed by atoms with Gasteiger partial charge in [0.2, 0.25) is 5.91 Å². The number of benzene rings is 1.